The Balaban J connectivity index is 3.07. The summed E-state index contributed by atoms with van der Waals surface area (Å²) in [6, 6.07) is 0.639. The van der Waals surface area contributed by atoms with Crippen molar-refractivity contribution in [1.82, 2.24) is 10.2 Å². The van der Waals surface area contributed by atoms with Crippen molar-refractivity contribution in [2.75, 3.05) is 39.2 Å². The van der Waals surface area contributed by atoms with E-state index in [4.69, 9.17) is 0 Å². The first-order valence-electron chi connectivity index (χ1n) is 5.04. The summed E-state index contributed by atoms with van der Waals surface area (Å²) in [6.45, 7) is 4.51. The SMILES string of the molecule is CSCCCCNCC(C)N(C)C. The number of nitrogens with one attached hydrogen (secondary N) is 1. The van der Waals surface area contributed by atoms with Gasteiger partial charge in [-0.1, -0.05) is 0 Å². The fraction of sp³-hybridized carbons (Fsp3) is 1.00. The van der Waals surface area contributed by atoms with Gasteiger partial charge in [-0.15, -0.1) is 0 Å². The molecule has 0 saturated heterocycles. The zero-order valence-corrected chi connectivity index (χ0v) is 10.3. The minimum atomic E-state index is 0.639. The third-order valence-corrected chi connectivity index (χ3v) is 2.97. The van der Waals surface area contributed by atoms with Crippen LogP contribution in [0.4, 0.5) is 0 Å². The smallest absolute Gasteiger partial charge is 0.0186 e. The minimum Gasteiger partial charge on any atom is -0.315 e. The van der Waals surface area contributed by atoms with Crippen LogP contribution in [0, 0.1) is 0 Å². The zero-order chi connectivity index (χ0) is 10.1. The number of hydrogen-bond acceptors (Lipinski definition) is 3. The third kappa shape index (κ3) is 8.60. The summed E-state index contributed by atoms with van der Waals surface area (Å²) in [4.78, 5) is 2.24. The predicted molar refractivity (Wildman–Crippen MR) is 63.6 cm³/mol. The van der Waals surface area contributed by atoms with E-state index in [2.05, 4.69) is 37.5 Å². The molecule has 0 fully saturated rings. The number of rotatable bonds is 8. The lowest BCUT2D eigenvalue weighted by Gasteiger charge is -2.19. The largest absolute Gasteiger partial charge is 0.315 e. The molecule has 3 heteroatoms. The lowest BCUT2D eigenvalue weighted by Crippen LogP contribution is -2.35. The van der Waals surface area contributed by atoms with Crippen LogP contribution in [0.5, 0.6) is 0 Å². The van der Waals surface area contributed by atoms with E-state index in [9.17, 15) is 0 Å². The summed E-state index contributed by atoms with van der Waals surface area (Å²) in [5, 5.41) is 3.47. The van der Waals surface area contributed by atoms with Crippen LogP contribution in [0.1, 0.15) is 19.8 Å². The van der Waals surface area contributed by atoms with Gasteiger partial charge in [0.2, 0.25) is 0 Å². The molecule has 0 amide bonds. The van der Waals surface area contributed by atoms with Crippen LogP contribution in [0.25, 0.3) is 0 Å². The van der Waals surface area contributed by atoms with Crippen molar-refractivity contribution in [3.05, 3.63) is 0 Å². The minimum absolute atomic E-state index is 0.639. The second-order valence-corrected chi connectivity index (χ2v) is 4.70. The summed E-state index contributed by atoms with van der Waals surface area (Å²) in [7, 11) is 4.25. The number of thioether (sulfide) groups is 1. The van der Waals surface area contributed by atoms with E-state index >= 15 is 0 Å². The Kier molecular flexibility index (Phi) is 9.03. The van der Waals surface area contributed by atoms with Crippen LogP contribution in [-0.2, 0) is 0 Å². The van der Waals surface area contributed by atoms with Crippen LogP contribution < -0.4 is 5.32 Å². The first-order valence-corrected chi connectivity index (χ1v) is 6.44. The van der Waals surface area contributed by atoms with Gasteiger partial charge in [-0.3, -0.25) is 0 Å². The van der Waals surface area contributed by atoms with Crippen LogP contribution in [0.2, 0.25) is 0 Å². The first-order chi connectivity index (χ1) is 6.18. The topological polar surface area (TPSA) is 15.3 Å². The molecule has 0 radical (unpaired) electrons. The molecule has 0 aliphatic carbocycles. The normalized spacial score (nSPS) is 13.6. The van der Waals surface area contributed by atoms with E-state index < -0.39 is 0 Å². The molecule has 0 aromatic rings. The fourth-order valence-corrected chi connectivity index (χ4v) is 1.48. The summed E-state index contributed by atoms with van der Waals surface area (Å²) in [5.74, 6) is 1.30. The van der Waals surface area contributed by atoms with Crippen molar-refractivity contribution in [2.24, 2.45) is 0 Å². The molecule has 80 valence electrons. The fourth-order valence-electron chi connectivity index (χ4n) is 0.990. The Labute approximate surface area is 87.5 Å². The van der Waals surface area contributed by atoms with E-state index in [0.29, 0.717) is 6.04 Å². The van der Waals surface area contributed by atoms with E-state index in [1.807, 2.05) is 11.8 Å². The molecule has 0 spiro atoms. The molecule has 1 N–H and O–H groups in total. The van der Waals surface area contributed by atoms with Gasteiger partial charge in [-0.2, -0.15) is 11.8 Å². The summed E-state index contributed by atoms with van der Waals surface area (Å²) >= 11 is 1.93. The van der Waals surface area contributed by atoms with Crippen LogP contribution >= 0.6 is 11.8 Å². The van der Waals surface area contributed by atoms with Gasteiger partial charge < -0.3 is 10.2 Å². The third-order valence-electron chi connectivity index (χ3n) is 2.27. The van der Waals surface area contributed by atoms with Gasteiger partial charge in [-0.05, 0) is 52.4 Å². The van der Waals surface area contributed by atoms with Crippen molar-refractivity contribution >= 4 is 11.8 Å². The summed E-state index contributed by atoms with van der Waals surface area (Å²) in [6.07, 6.45) is 4.81. The van der Waals surface area contributed by atoms with Gasteiger partial charge in [0, 0.05) is 12.6 Å². The molecular weight excluding hydrogens is 180 g/mol. The molecule has 0 rings (SSSR count). The lowest BCUT2D eigenvalue weighted by atomic mass is 10.3. The quantitative estimate of drug-likeness (QED) is 0.606. The second-order valence-electron chi connectivity index (χ2n) is 3.72. The monoisotopic (exact) mass is 204 g/mol. The molecule has 0 aliphatic rings. The first kappa shape index (κ1) is 13.3. The number of nitrogens with zero attached hydrogens (tertiary/aromatic N) is 1. The van der Waals surface area contributed by atoms with Gasteiger partial charge in [-0.25, -0.2) is 0 Å². The zero-order valence-electron chi connectivity index (χ0n) is 9.47. The molecule has 13 heavy (non-hydrogen) atoms. The van der Waals surface area contributed by atoms with E-state index in [1.165, 1.54) is 25.1 Å². The van der Waals surface area contributed by atoms with Crippen LogP contribution in [0.15, 0.2) is 0 Å². The van der Waals surface area contributed by atoms with Crippen molar-refractivity contribution in [2.45, 2.75) is 25.8 Å². The van der Waals surface area contributed by atoms with Gasteiger partial charge in [0.15, 0.2) is 0 Å². The van der Waals surface area contributed by atoms with Crippen molar-refractivity contribution < 1.29 is 0 Å². The van der Waals surface area contributed by atoms with Crippen LogP contribution in [-0.4, -0.2) is 50.1 Å². The van der Waals surface area contributed by atoms with E-state index in [-0.39, 0.29) is 0 Å². The summed E-state index contributed by atoms with van der Waals surface area (Å²) < 4.78 is 0. The Morgan fingerprint density at radius 1 is 1.31 bits per heavy atom. The Hall–Kier alpha value is 0.270. The van der Waals surface area contributed by atoms with Gasteiger partial charge in [0.25, 0.3) is 0 Å². The van der Waals surface area contributed by atoms with Gasteiger partial charge in [0.1, 0.15) is 0 Å². The Morgan fingerprint density at radius 2 is 2.00 bits per heavy atom. The molecule has 0 saturated carbocycles. The molecule has 0 bridgehead atoms. The van der Waals surface area contributed by atoms with Crippen molar-refractivity contribution in [3.63, 3.8) is 0 Å². The molecular formula is C10H24N2S. The highest BCUT2D eigenvalue weighted by atomic mass is 32.2. The Morgan fingerprint density at radius 3 is 2.54 bits per heavy atom. The lowest BCUT2D eigenvalue weighted by molar-refractivity contribution is 0.303. The highest BCUT2D eigenvalue weighted by molar-refractivity contribution is 7.98. The molecule has 0 aliphatic heterocycles. The second kappa shape index (κ2) is 8.85. The van der Waals surface area contributed by atoms with E-state index in [0.717, 1.165) is 6.54 Å². The maximum absolute atomic E-state index is 3.47. The molecule has 1 unspecified atom stereocenters. The highest BCUT2D eigenvalue weighted by Gasteiger charge is 2.01. The van der Waals surface area contributed by atoms with Gasteiger partial charge >= 0.3 is 0 Å². The van der Waals surface area contributed by atoms with Crippen molar-refractivity contribution in [3.8, 4) is 0 Å². The van der Waals surface area contributed by atoms with Gasteiger partial charge in [0.05, 0.1) is 0 Å². The Bertz CT molecular complexity index is 107. The average Bonchev–Trinajstić information content (AvgIpc) is 2.10. The maximum atomic E-state index is 3.47. The number of hydrogen-bond donors (Lipinski definition) is 1. The molecule has 0 aromatic heterocycles. The van der Waals surface area contributed by atoms with Crippen LogP contribution in [0.3, 0.4) is 0 Å². The maximum Gasteiger partial charge on any atom is 0.0186 e. The average molecular weight is 204 g/mol. The number of unbranched alkanes of at least 4 members (excludes halogenated alkanes) is 1. The summed E-state index contributed by atoms with van der Waals surface area (Å²) in [5.41, 5.74) is 0. The molecule has 0 aromatic carbocycles. The number of likely N-dealkylation sites (N-methyl/N-ethyl adjacent to an activating group) is 1. The van der Waals surface area contributed by atoms with Crippen molar-refractivity contribution in [1.29, 1.82) is 0 Å². The highest BCUT2D eigenvalue weighted by Crippen LogP contribution is 1.98. The van der Waals surface area contributed by atoms with E-state index in [1.54, 1.807) is 0 Å². The standard InChI is InChI=1S/C10H24N2S/c1-10(12(2)3)9-11-7-5-6-8-13-4/h10-11H,5-9H2,1-4H3. The molecule has 1 atom stereocenters. The predicted octanol–water partition coefficient (Wildman–Crippen LogP) is 1.67. The molecule has 0 heterocycles. The molecule has 2 nitrogen and oxygen atoms in total.